The van der Waals surface area contributed by atoms with E-state index in [1.807, 2.05) is 30.3 Å². The molecule has 4 aromatic heterocycles. The molecule has 0 saturated carbocycles. The van der Waals surface area contributed by atoms with E-state index in [1.165, 1.54) is 200 Å². The molecule has 0 bridgehead atoms. The Morgan fingerprint density at radius 1 is 0.451 bits per heavy atom. The second-order valence-corrected chi connectivity index (χ2v) is 27.7. The fourth-order valence-corrected chi connectivity index (χ4v) is 12.8. The van der Waals surface area contributed by atoms with E-state index in [-0.39, 0.29) is 51.8 Å². The molecule has 5 N–H and O–H groups in total. The first-order chi connectivity index (χ1) is 44.5. The first-order valence-electron chi connectivity index (χ1n) is 34.6. The molecule has 5 rings (SSSR count). The Bertz CT molecular complexity index is 2640. The van der Waals surface area contributed by atoms with Crippen LogP contribution in [-0.4, -0.2) is 136 Å². The first-order valence-corrected chi connectivity index (χ1v) is 38.1. The highest BCUT2D eigenvalue weighted by Gasteiger charge is 2.29. The van der Waals surface area contributed by atoms with Crippen molar-refractivity contribution in [2.45, 2.75) is 251 Å². The molecule has 0 saturated heterocycles. The predicted octanol–water partition coefficient (Wildman–Crippen LogP) is 16.0. The van der Waals surface area contributed by atoms with Crippen LogP contribution in [0.2, 0.25) is 0 Å². The van der Waals surface area contributed by atoms with Crippen molar-refractivity contribution in [1.29, 1.82) is 0 Å². The Morgan fingerprint density at radius 2 is 0.824 bits per heavy atom. The van der Waals surface area contributed by atoms with Crippen molar-refractivity contribution in [3.05, 3.63) is 61.2 Å². The summed E-state index contributed by atoms with van der Waals surface area (Å²) in [5, 5.41) is 0. The van der Waals surface area contributed by atoms with Crippen molar-refractivity contribution < 1.29 is 56.0 Å². The van der Waals surface area contributed by atoms with Gasteiger partial charge in [0.05, 0.1) is 84.2 Å². The van der Waals surface area contributed by atoms with Gasteiger partial charge in [-0.2, -0.15) is 0 Å². The average Bonchev–Trinajstić information content (AvgIpc) is 1.93. The zero-order valence-corrected chi connectivity index (χ0v) is 58.0. The summed E-state index contributed by atoms with van der Waals surface area (Å²) >= 11 is 0. The molecular weight excluding hydrogens is 1200 g/mol. The zero-order valence-electron chi connectivity index (χ0n) is 56.2. The van der Waals surface area contributed by atoms with Crippen molar-refractivity contribution in [1.82, 2.24) is 39.0 Å². The van der Waals surface area contributed by atoms with E-state index in [0.717, 1.165) is 31.2 Å². The maximum absolute atomic E-state index is 13.8. The van der Waals surface area contributed by atoms with Gasteiger partial charge < -0.3 is 67.5 Å². The summed E-state index contributed by atoms with van der Waals surface area (Å²) in [5.74, 6) is 0.588. The van der Waals surface area contributed by atoms with Gasteiger partial charge >= 0.3 is 15.2 Å². The fourth-order valence-electron chi connectivity index (χ4n) is 10.7. The topological polar surface area (TPSA) is 277 Å². The van der Waals surface area contributed by atoms with Gasteiger partial charge in [0.25, 0.3) is 0 Å². The average molecular weight is 1320 g/mol. The Hall–Kier alpha value is -4.02. The summed E-state index contributed by atoms with van der Waals surface area (Å²) in [6.45, 7) is 7.89. The van der Waals surface area contributed by atoms with Gasteiger partial charge in [0.1, 0.15) is 36.4 Å². The third kappa shape index (κ3) is 37.0. The summed E-state index contributed by atoms with van der Waals surface area (Å²) in [6.07, 6.45) is 47.0. The molecule has 4 atom stereocenters. The maximum atomic E-state index is 13.8. The monoisotopic (exact) mass is 1320 g/mol. The van der Waals surface area contributed by atoms with Crippen LogP contribution in [0.5, 0.6) is 0 Å². The number of nitrogens with zero attached hydrogens (tertiary/aromatic N) is 8. The van der Waals surface area contributed by atoms with Crippen LogP contribution in [-0.2, 0) is 70.8 Å². The number of nitrogens with two attached hydrogens (primary N) is 2. The molecule has 0 fully saturated rings. The number of aromatic nitrogens is 8. The number of imidazole rings is 2. The Morgan fingerprint density at radius 3 is 1.22 bits per heavy atom. The highest BCUT2D eigenvalue weighted by atomic mass is 31.2. The van der Waals surface area contributed by atoms with Gasteiger partial charge in [-0.05, 0) is 18.4 Å². The van der Waals surface area contributed by atoms with Crippen molar-refractivity contribution in [2.75, 3.05) is 91.2 Å². The second kappa shape index (κ2) is 51.3. The number of nitrogen functional groups attached to an aromatic ring is 2. The summed E-state index contributed by atoms with van der Waals surface area (Å²) in [7, 11) is -4.45. The third-order valence-corrected chi connectivity index (χ3v) is 18.5. The highest BCUT2D eigenvalue weighted by Crippen LogP contribution is 2.49. The van der Waals surface area contributed by atoms with Gasteiger partial charge in [-0.15, -0.1) is 0 Å². The van der Waals surface area contributed by atoms with Gasteiger partial charge in [0, 0.05) is 27.4 Å². The lowest BCUT2D eigenvalue weighted by atomic mass is 10.0. The molecule has 0 aliphatic rings. The van der Waals surface area contributed by atoms with Crippen molar-refractivity contribution in [2.24, 2.45) is 0 Å². The van der Waals surface area contributed by atoms with Gasteiger partial charge in [-0.1, -0.05) is 237 Å². The van der Waals surface area contributed by atoms with E-state index in [9.17, 15) is 14.0 Å². The minimum absolute atomic E-state index is 0.0350. The number of benzene rings is 1. The predicted molar refractivity (Wildman–Crippen MR) is 364 cm³/mol. The number of fused-ring (bicyclic) bond motifs is 2. The number of methoxy groups -OCH3 is 2. The van der Waals surface area contributed by atoms with Gasteiger partial charge in [0.2, 0.25) is 0 Å². The summed E-state index contributed by atoms with van der Waals surface area (Å²) in [5.41, 5.74) is 14.8. The first kappa shape index (κ1) is 79.4. The van der Waals surface area contributed by atoms with Crippen molar-refractivity contribution >= 4 is 49.2 Å². The van der Waals surface area contributed by atoms with Crippen LogP contribution in [0.25, 0.3) is 22.3 Å². The third-order valence-electron chi connectivity index (χ3n) is 15.9. The summed E-state index contributed by atoms with van der Waals surface area (Å²) < 4.78 is 80.4. The molecule has 2 unspecified atom stereocenters. The molecule has 0 radical (unpaired) electrons. The van der Waals surface area contributed by atoms with Crippen molar-refractivity contribution in [3.8, 4) is 0 Å². The number of ether oxygens (including phenoxy) is 6. The number of hydrogen-bond donors (Lipinski definition) is 3. The fraction of sp³-hybridized carbons (Fsp3) is 0.761. The number of rotatable bonds is 59. The van der Waals surface area contributed by atoms with Gasteiger partial charge in [-0.25, -0.2) is 29.9 Å². The molecule has 91 heavy (non-hydrogen) atoms. The van der Waals surface area contributed by atoms with Crippen LogP contribution in [0.15, 0.2) is 55.6 Å². The maximum Gasteiger partial charge on any atom is 0.356 e. The molecule has 5 aromatic rings. The molecule has 518 valence electrons. The molecule has 0 amide bonds. The summed E-state index contributed by atoms with van der Waals surface area (Å²) in [6, 6.07) is 9.57. The van der Waals surface area contributed by atoms with Crippen LogP contribution >= 0.6 is 15.2 Å². The largest absolute Gasteiger partial charge is 0.382 e. The molecule has 22 nitrogen and oxygen atoms in total. The standard InChI is InChI=1S/C37H62N5O6P.C30H56N5O6P/c1-3-4-5-6-7-8-9-10-11-12-13-14-15-16-17-21-24-45-25-26-47-49(43,48-28-33-22-19-18-20-23-33)32-46-34(29-44-2)27-42-31-41-35-36(38)39-30-40-37(35)42;1-3-4-5-6-7-8-9-10-11-12-13-14-15-16-17-18-19-39-20-21-41-42(36,37)26-40-27(23-38-2)22-35-25-34-28-29(31)32-24-33-30(28)35/h18-20,22-23,30-31,34H,3-17,21,24-29,32H2,1-2H3,(H2,38,39,40);24-25,27H,3-23,26H2,1-2H3,(H,36,37)(H2,31,32,33)/t34-,49?;27-/m00/s1. The lowest BCUT2D eigenvalue weighted by Crippen LogP contribution is -2.26. The zero-order chi connectivity index (χ0) is 65.1. The van der Waals surface area contributed by atoms with E-state index < -0.39 is 33.7 Å². The molecule has 1 aromatic carbocycles. The van der Waals surface area contributed by atoms with E-state index in [2.05, 4.69) is 43.8 Å². The summed E-state index contributed by atoms with van der Waals surface area (Å²) in [4.78, 5) is 35.1. The number of hydrogen-bond acceptors (Lipinski definition) is 19. The molecule has 24 heteroatoms. The minimum Gasteiger partial charge on any atom is -0.382 e. The van der Waals surface area contributed by atoms with Crippen LogP contribution in [0, 0.1) is 0 Å². The molecule has 0 aliphatic heterocycles. The van der Waals surface area contributed by atoms with Crippen LogP contribution in [0.4, 0.5) is 11.6 Å². The van der Waals surface area contributed by atoms with E-state index in [0.29, 0.717) is 61.1 Å². The normalized spacial score (nSPS) is 13.8. The lowest BCUT2D eigenvalue weighted by Gasteiger charge is -2.23. The van der Waals surface area contributed by atoms with E-state index in [4.69, 9.17) is 53.5 Å². The lowest BCUT2D eigenvalue weighted by molar-refractivity contribution is -0.00144. The van der Waals surface area contributed by atoms with E-state index >= 15 is 0 Å². The molecule has 0 spiro atoms. The van der Waals surface area contributed by atoms with Gasteiger partial charge in [0.15, 0.2) is 22.9 Å². The van der Waals surface area contributed by atoms with Crippen LogP contribution in [0.3, 0.4) is 0 Å². The SMILES string of the molecule is CCCCCCCCCCCCCCCCCCOCCOP(=O)(CO[C@H](COC)Cn1cnc2c(N)ncnc21)OCc1ccccc1.CCCCCCCCCCCCCCCCCCOCCOP(=O)(O)CO[C@H](COC)Cn1cnc2c(N)ncnc21. The molecule has 4 heterocycles. The quantitative estimate of drug-likeness (QED) is 0.0241. The molecular formula is C67H118N10O12P2. The smallest absolute Gasteiger partial charge is 0.356 e. The Labute approximate surface area is 545 Å². The molecule has 0 aliphatic carbocycles. The second-order valence-electron chi connectivity index (χ2n) is 23.9. The Balaban J connectivity index is 0.000000393. The number of anilines is 2. The Kier molecular flexibility index (Phi) is 44.8. The minimum atomic E-state index is -3.94. The number of unbranched alkanes of at least 4 members (excludes halogenated alkanes) is 30. The van der Waals surface area contributed by atoms with Crippen molar-refractivity contribution in [3.63, 3.8) is 0 Å². The van der Waals surface area contributed by atoms with Crippen LogP contribution < -0.4 is 11.5 Å². The van der Waals surface area contributed by atoms with Gasteiger partial charge in [-0.3, -0.25) is 9.13 Å². The van der Waals surface area contributed by atoms with E-state index in [1.54, 1.807) is 28.9 Å². The highest BCUT2D eigenvalue weighted by molar-refractivity contribution is 7.53. The van der Waals surface area contributed by atoms with Crippen LogP contribution in [0.1, 0.15) is 225 Å².